The zero-order valence-corrected chi connectivity index (χ0v) is 11.5. The zero-order chi connectivity index (χ0) is 13.5. The van der Waals surface area contributed by atoms with E-state index in [2.05, 4.69) is 10.3 Å². The number of nitrogens with two attached hydrogens (primary N) is 1. The molecule has 0 radical (unpaired) electrons. The number of nitrogens with zero attached hydrogens (tertiary/aromatic N) is 1. The predicted octanol–water partition coefficient (Wildman–Crippen LogP) is 1.83. The molecule has 1 aliphatic heterocycles. The van der Waals surface area contributed by atoms with E-state index in [1.807, 2.05) is 25.1 Å². The number of anilines is 2. The number of aromatic nitrogens is 1. The third kappa shape index (κ3) is 2.39. The molecular formula is C13H17N3O2S. The van der Waals surface area contributed by atoms with E-state index >= 15 is 0 Å². The molecule has 2 atom stereocenters. The number of rotatable bonds is 3. The quantitative estimate of drug-likeness (QED) is 0.747. The average molecular weight is 279 g/mol. The van der Waals surface area contributed by atoms with Gasteiger partial charge >= 0.3 is 0 Å². The molecule has 2 heterocycles. The molecule has 6 heteroatoms. The van der Waals surface area contributed by atoms with Gasteiger partial charge in [0.15, 0.2) is 5.13 Å². The van der Waals surface area contributed by atoms with Crippen molar-refractivity contribution in [3.05, 3.63) is 18.2 Å². The van der Waals surface area contributed by atoms with Crippen LogP contribution in [-0.2, 0) is 4.74 Å². The first-order valence-corrected chi connectivity index (χ1v) is 7.12. The van der Waals surface area contributed by atoms with Crippen molar-refractivity contribution >= 4 is 32.4 Å². The van der Waals surface area contributed by atoms with E-state index in [1.54, 1.807) is 11.3 Å². The van der Waals surface area contributed by atoms with Crippen LogP contribution in [0.4, 0.5) is 10.8 Å². The number of ether oxygens (including phenoxy) is 1. The van der Waals surface area contributed by atoms with Crippen molar-refractivity contribution in [2.24, 2.45) is 0 Å². The van der Waals surface area contributed by atoms with Crippen molar-refractivity contribution in [1.82, 2.24) is 4.98 Å². The van der Waals surface area contributed by atoms with Gasteiger partial charge in [-0.25, -0.2) is 4.98 Å². The van der Waals surface area contributed by atoms with Gasteiger partial charge in [0.1, 0.15) is 5.60 Å². The third-order valence-electron chi connectivity index (χ3n) is 3.62. The summed E-state index contributed by atoms with van der Waals surface area (Å²) in [6, 6.07) is 5.66. The summed E-state index contributed by atoms with van der Waals surface area (Å²) in [5.41, 5.74) is 6.60. The van der Waals surface area contributed by atoms with Crippen LogP contribution in [0.2, 0.25) is 0 Å². The Morgan fingerprint density at radius 2 is 2.47 bits per heavy atom. The zero-order valence-electron chi connectivity index (χ0n) is 10.7. The monoisotopic (exact) mass is 279 g/mol. The Morgan fingerprint density at radius 1 is 1.63 bits per heavy atom. The second-order valence-electron chi connectivity index (χ2n) is 4.97. The molecule has 0 bridgehead atoms. The number of nitrogen functional groups attached to an aromatic ring is 1. The first-order valence-electron chi connectivity index (χ1n) is 6.31. The van der Waals surface area contributed by atoms with Gasteiger partial charge in [-0.15, -0.1) is 0 Å². The molecule has 102 valence electrons. The van der Waals surface area contributed by atoms with Gasteiger partial charge in [-0.1, -0.05) is 11.3 Å². The molecule has 1 aliphatic rings. The van der Waals surface area contributed by atoms with Crippen molar-refractivity contribution in [2.75, 3.05) is 24.2 Å². The highest BCUT2D eigenvalue weighted by atomic mass is 32.1. The molecule has 3 rings (SSSR count). The SMILES string of the molecule is CC1OCCC1(O)CNc1nc2ccc(N)cc2s1. The maximum absolute atomic E-state index is 10.4. The molecule has 5 nitrogen and oxygen atoms in total. The van der Waals surface area contributed by atoms with Crippen molar-refractivity contribution in [3.8, 4) is 0 Å². The maximum Gasteiger partial charge on any atom is 0.183 e. The van der Waals surface area contributed by atoms with Crippen LogP contribution >= 0.6 is 11.3 Å². The van der Waals surface area contributed by atoms with Crippen molar-refractivity contribution in [1.29, 1.82) is 0 Å². The fourth-order valence-electron chi connectivity index (χ4n) is 2.25. The van der Waals surface area contributed by atoms with E-state index in [1.165, 1.54) is 0 Å². The van der Waals surface area contributed by atoms with E-state index in [4.69, 9.17) is 10.5 Å². The van der Waals surface area contributed by atoms with E-state index < -0.39 is 5.60 Å². The lowest BCUT2D eigenvalue weighted by atomic mass is 9.97. The van der Waals surface area contributed by atoms with Crippen LogP contribution < -0.4 is 11.1 Å². The lowest BCUT2D eigenvalue weighted by molar-refractivity contribution is -0.0175. The van der Waals surface area contributed by atoms with Gasteiger partial charge in [0.05, 0.1) is 16.3 Å². The van der Waals surface area contributed by atoms with Crippen molar-refractivity contribution < 1.29 is 9.84 Å². The summed E-state index contributed by atoms with van der Waals surface area (Å²) in [6.07, 6.45) is 0.504. The molecule has 2 aromatic rings. The second-order valence-corrected chi connectivity index (χ2v) is 6.00. The smallest absolute Gasteiger partial charge is 0.183 e. The Morgan fingerprint density at radius 3 is 3.21 bits per heavy atom. The minimum Gasteiger partial charge on any atom is -0.399 e. The number of hydrogen-bond donors (Lipinski definition) is 3. The minimum atomic E-state index is -0.809. The largest absolute Gasteiger partial charge is 0.399 e. The molecule has 1 saturated heterocycles. The van der Waals surface area contributed by atoms with Gasteiger partial charge in [0, 0.05) is 25.3 Å². The summed E-state index contributed by atoms with van der Waals surface area (Å²) in [5, 5.41) is 14.4. The number of aliphatic hydroxyl groups is 1. The van der Waals surface area contributed by atoms with Crippen LogP contribution in [-0.4, -0.2) is 34.9 Å². The Balaban J connectivity index is 1.75. The topological polar surface area (TPSA) is 80.4 Å². The number of benzene rings is 1. The van der Waals surface area contributed by atoms with Crippen LogP contribution in [0.25, 0.3) is 10.2 Å². The van der Waals surface area contributed by atoms with Crippen molar-refractivity contribution in [2.45, 2.75) is 25.0 Å². The Kier molecular flexibility index (Phi) is 3.08. The molecular weight excluding hydrogens is 262 g/mol. The van der Waals surface area contributed by atoms with Crippen LogP contribution in [0.15, 0.2) is 18.2 Å². The summed E-state index contributed by atoms with van der Waals surface area (Å²) in [6.45, 7) is 2.95. The number of fused-ring (bicyclic) bond motifs is 1. The number of thiazole rings is 1. The summed E-state index contributed by atoms with van der Waals surface area (Å²) in [5.74, 6) is 0. The molecule has 1 aromatic carbocycles. The van der Waals surface area contributed by atoms with Crippen LogP contribution in [0.1, 0.15) is 13.3 Å². The Labute approximate surface area is 115 Å². The molecule has 19 heavy (non-hydrogen) atoms. The van der Waals surface area contributed by atoms with Gasteiger partial charge < -0.3 is 20.9 Å². The van der Waals surface area contributed by atoms with E-state index in [-0.39, 0.29) is 6.10 Å². The van der Waals surface area contributed by atoms with Gasteiger partial charge in [-0.05, 0) is 25.1 Å². The standard InChI is InChI=1S/C13H17N3O2S/c1-8-13(17,4-5-18-8)7-15-12-16-10-3-2-9(14)6-11(10)19-12/h2-3,6,8,17H,4-5,7,14H2,1H3,(H,15,16). The highest BCUT2D eigenvalue weighted by molar-refractivity contribution is 7.22. The fraction of sp³-hybridized carbons (Fsp3) is 0.462. The summed E-state index contributed by atoms with van der Waals surface area (Å²) in [4.78, 5) is 4.47. The highest BCUT2D eigenvalue weighted by Crippen LogP contribution is 2.30. The van der Waals surface area contributed by atoms with Crippen molar-refractivity contribution in [3.63, 3.8) is 0 Å². The maximum atomic E-state index is 10.4. The number of nitrogens with one attached hydrogen (secondary N) is 1. The van der Waals surface area contributed by atoms with Gasteiger partial charge in [0.25, 0.3) is 0 Å². The fourth-order valence-corrected chi connectivity index (χ4v) is 3.16. The molecule has 0 amide bonds. The molecule has 1 fully saturated rings. The van der Waals surface area contributed by atoms with Crippen LogP contribution in [0.3, 0.4) is 0 Å². The van der Waals surface area contributed by atoms with E-state index in [0.29, 0.717) is 19.6 Å². The van der Waals surface area contributed by atoms with E-state index in [9.17, 15) is 5.11 Å². The van der Waals surface area contributed by atoms with Gasteiger partial charge in [-0.3, -0.25) is 0 Å². The molecule has 4 N–H and O–H groups in total. The Hall–Kier alpha value is -1.37. The van der Waals surface area contributed by atoms with Gasteiger partial charge in [-0.2, -0.15) is 0 Å². The number of hydrogen-bond acceptors (Lipinski definition) is 6. The third-order valence-corrected chi connectivity index (χ3v) is 4.59. The average Bonchev–Trinajstić information content (AvgIpc) is 2.91. The molecule has 2 unspecified atom stereocenters. The second kappa shape index (κ2) is 4.63. The molecule has 1 aromatic heterocycles. The summed E-state index contributed by atoms with van der Waals surface area (Å²) >= 11 is 1.54. The van der Waals surface area contributed by atoms with Gasteiger partial charge in [0.2, 0.25) is 0 Å². The Bertz CT molecular complexity index is 601. The van der Waals surface area contributed by atoms with Crippen LogP contribution in [0, 0.1) is 0 Å². The predicted molar refractivity (Wildman–Crippen MR) is 77.5 cm³/mol. The first kappa shape index (κ1) is 12.7. The molecule has 0 aliphatic carbocycles. The molecule has 0 spiro atoms. The lowest BCUT2D eigenvalue weighted by Crippen LogP contribution is -2.42. The highest BCUT2D eigenvalue weighted by Gasteiger charge is 2.39. The minimum absolute atomic E-state index is 0.148. The van der Waals surface area contributed by atoms with E-state index in [0.717, 1.165) is 21.0 Å². The summed E-state index contributed by atoms with van der Waals surface area (Å²) in [7, 11) is 0. The lowest BCUT2D eigenvalue weighted by Gasteiger charge is -2.25. The van der Waals surface area contributed by atoms with Crippen LogP contribution in [0.5, 0.6) is 0 Å². The molecule has 0 saturated carbocycles. The summed E-state index contributed by atoms with van der Waals surface area (Å²) < 4.78 is 6.45. The first-order chi connectivity index (χ1) is 9.07. The normalized spacial score (nSPS) is 26.9.